The molecule has 0 radical (unpaired) electrons. The average molecular weight is 334 g/mol. The van der Waals surface area contributed by atoms with Crippen molar-refractivity contribution in [1.29, 1.82) is 0 Å². The summed E-state index contributed by atoms with van der Waals surface area (Å²) in [6.45, 7) is 2.59. The first-order valence-electron chi connectivity index (χ1n) is 6.73. The number of nitrogens with one attached hydrogen (secondary N) is 1. The van der Waals surface area contributed by atoms with Crippen LogP contribution >= 0.6 is 11.6 Å². The lowest BCUT2D eigenvalue weighted by Crippen LogP contribution is -2.26. The minimum absolute atomic E-state index is 0.0598. The SMILES string of the molecule is CCCCNC(=O)CCS(=O)(=O)c1ccc(OC)c(Cl)c1. The molecule has 0 heterocycles. The first-order chi connectivity index (χ1) is 9.90. The Hall–Kier alpha value is -1.27. The zero-order valence-corrected chi connectivity index (χ0v) is 13.8. The number of carbonyl (C=O) groups excluding carboxylic acids is 1. The second-order valence-corrected chi connectivity index (χ2v) is 7.09. The Morgan fingerprint density at radius 2 is 2.10 bits per heavy atom. The van der Waals surface area contributed by atoms with Crippen LogP contribution in [0.15, 0.2) is 23.1 Å². The highest BCUT2D eigenvalue weighted by Gasteiger charge is 2.18. The van der Waals surface area contributed by atoms with Gasteiger partial charge in [0.1, 0.15) is 5.75 Å². The Labute approximate surface area is 130 Å². The number of hydrogen-bond donors (Lipinski definition) is 1. The Kier molecular flexibility index (Phi) is 6.98. The standard InChI is InChI=1S/C14H20ClNO4S/c1-3-4-8-16-14(17)7-9-21(18,19)11-5-6-13(20-2)12(15)10-11/h5-6,10H,3-4,7-9H2,1-2H3,(H,16,17). The van der Waals surface area contributed by atoms with Crippen molar-refractivity contribution in [2.45, 2.75) is 31.1 Å². The third-order valence-electron chi connectivity index (χ3n) is 2.93. The van der Waals surface area contributed by atoms with Gasteiger partial charge in [-0.15, -0.1) is 0 Å². The zero-order valence-electron chi connectivity index (χ0n) is 12.2. The van der Waals surface area contributed by atoms with Gasteiger partial charge in [0.2, 0.25) is 5.91 Å². The molecule has 1 rings (SSSR count). The predicted molar refractivity (Wildman–Crippen MR) is 82.6 cm³/mol. The molecular formula is C14H20ClNO4S. The Morgan fingerprint density at radius 3 is 2.67 bits per heavy atom. The molecular weight excluding hydrogens is 314 g/mol. The number of rotatable bonds is 8. The second kappa shape index (κ2) is 8.24. The van der Waals surface area contributed by atoms with Gasteiger partial charge in [-0.25, -0.2) is 8.42 Å². The third-order valence-corrected chi connectivity index (χ3v) is 4.94. The molecule has 0 saturated carbocycles. The van der Waals surface area contributed by atoms with Gasteiger partial charge in [0.15, 0.2) is 9.84 Å². The first-order valence-corrected chi connectivity index (χ1v) is 8.76. The average Bonchev–Trinajstić information content (AvgIpc) is 2.45. The van der Waals surface area contributed by atoms with E-state index in [0.29, 0.717) is 12.3 Å². The normalized spacial score (nSPS) is 11.2. The maximum absolute atomic E-state index is 12.1. The van der Waals surface area contributed by atoms with Gasteiger partial charge in [-0.3, -0.25) is 4.79 Å². The summed E-state index contributed by atoms with van der Waals surface area (Å²) in [4.78, 5) is 11.6. The van der Waals surface area contributed by atoms with Crippen molar-refractivity contribution in [2.75, 3.05) is 19.4 Å². The van der Waals surface area contributed by atoms with Crippen LogP contribution in [0.5, 0.6) is 5.75 Å². The van der Waals surface area contributed by atoms with E-state index in [0.717, 1.165) is 12.8 Å². The number of sulfone groups is 1. The van der Waals surface area contributed by atoms with Crippen molar-refractivity contribution in [3.63, 3.8) is 0 Å². The van der Waals surface area contributed by atoms with Crippen LogP contribution in [-0.2, 0) is 14.6 Å². The molecule has 0 atom stereocenters. The molecule has 21 heavy (non-hydrogen) atoms. The number of methoxy groups -OCH3 is 1. The van der Waals surface area contributed by atoms with Crippen LogP contribution in [0.1, 0.15) is 26.2 Å². The van der Waals surface area contributed by atoms with Crippen LogP contribution in [0.4, 0.5) is 0 Å². The molecule has 0 fully saturated rings. The van der Waals surface area contributed by atoms with Gasteiger partial charge in [0.25, 0.3) is 0 Å². The van der Waals surface area contributed by atoms with E-state index in [4.69, 9.17) is 16.3 Å². The summed E-state index contributed by atoms with van der Waals surface area (Å²) in [5, 5.41) is 2.92. The van der Waals surface area contributed by atoms with Gasteiger partial charge in [-0.05, 0) is 24.6 Å². The second-order valence-electron chi connectivity index (χ2n) is 4.57. The molecule has 1 amide bonds. The lowest BCUT2D eigenvalue weighted by atomic mass is 10.3. The maximum Gasteiger partial charge on any atom is 0.221 e. The molecule has 5 nitrogen and oxygen atoms in total. The van der Waals surface area contributed by atoms with E-state index >= 15 is 0 Å². The predicted octanol–water partition coefficient (Wildman–Crippen LogP) is 2.43. The molecule has 0 spiro atoms. The lowest BCUT2D eigenvalue weighted by Gasteiger charge is -2.08. The fourth-order valence-corrected chi connectivity index (χ4v) is 3.26. The first kappa shape index (κ1) is 17.8. The van der Waals surface area contributed by atoms with Gasteiger partial charge in [-0.1, -0.05) is 24.9 Å². The van der Waals surface area contributed by atoms with Gasteiger partial charge in [0.05, 0.1) is 22.8 Å². The maximum atomic E-state index is 12.1. The Morgan fingerprint density at radius 1 is 1.38 bits per heavy atom. The summed E-state index contributed by atoms with van der Waals surface area (Å²) in [5.41, 5.74) is 0. The highest BCUT2D eigenvalue weighted by Crippen LogP contribution is 2.27. The van der Waals surface area contributed by atoms with E-state index < -0.39 is 9.84 Å². The fourth-order valence-electron chi connectivity index (χ4n) is 1.68. The highest BCUT2D eigenvalue weighted by atomic mass is 35.5. The van der Waals surface area contributed by atoms with Crippen LogP contribution in [0.25, 0.3) is 0 Å². The molecule has 0 aromatic heterocycles. The molecule has 0 unspecified atom stereocenters. The van der Waals surface area contributed by atoms with Crippen LogP contribution in [0, 0.1) is 0 Å². The molecule has 118 valence electrons. The molecule has 1 aromatic carbocycles. The fraction of sp³-hybridized carbons (Fsp3) is 0.500. The van der Waals surface area contributed by atoms with Gasteiger partial charge in [0, 0.05) is 13.0 Å². The number of halogens is 1. The number of carbonyl (C=O) groups is 1. The molecule has 7 heteroatoms. The third kappa shape index (κ3) is 5.55. The topological polar surface area (TPSA) is 72.5 Å². The zero-order chi connectivity index (χ0) is 15.9. The summed E-state index contributed by atoms with van der Waals surface area (Å²) >= 11 is 5.91. The number of unbranched alkanes of at least 4 members (excludes halogenated alkanes) is 1. The van der Waals surface area contributed by atoms with Gasteiger partial charge < -0.3 is 10.1 Å². The molecule has 0 aliphatic heterocycles. The van der Waals surface area contributed by atoms with Crippen LogP contribution in [-0.4, -0.2) is 33.7 Å². The van der Waals surface area contributed by atoms with Crippen molar-refractivity contribution >= 4 is 27.3 Å². The minimum Gasteiger partial charge on any atom is -0.495 e. The smallest absolute Gasteiger partial charge is 0.221 e. The van der Waals surface area contributed by atoms with Crippen molar-refractivity contribution in [1.82, 2.24) is 5.32 Å². The summed E-state index contributed by atoms with van der Waals surface area (Å²) < 4.78 is 29.3. The minimum atomic E-state index is -3.53. The highest BCUT2D eigenvalue weighted by molar-refractivity contribution is 7.91. The summed E-state index contributed by atoms with van der Waals surface area (Å²) in [7, 11) is -2.08. The van der Waals surface area contributed by atoms with Crippen LogP contribution in [0.2, 0.25) is 5.02 Å². The summed E-state index contributed by atoms with van der Waals surface area (Å²) in [6, 6.07) is 4.26. The van der Waals surface area contributed by atoms with Crippen molar-refractivity contribution in [2.24, 2.45) is 0 Å². The van der Waals surface area contributed by atoms with E-state index in [-0.39, 0.29) is 28.0 Å². The van der Waals surface area contributed by atoms with Gasteiger partial charge in [-0.2, -0.15) is 0 Å². The van der Waals surface area contributed by atoms with Crippen molar-refractivity contribution in [3.8, 4) is 5.75 Å². The van der Waals surface area contributed by atoms with Crippen LogP contribution in [0.3, 0.4) is 0 Å². The van der Waals surface area contributed by atoms with E-state index in [1.807, 2.05) is 6.92 Å². The van der Waals surface area contributed by atoms with E-state index in [9.17, 15) is 13.2 Å². The Bertz CT molecular complexity index is 587. The lowest BCUT2D eigenvalue weighted by molar-refractivity contribution is -0.120. The molecule has 0 saturated heterocycles. The van der Waals surface area contributed by atoms with E-state index in [1.165, 1.54) is 25.3 Å². The molecule has 1 aromatic rings. The summed E-state index contributed by atoms with van der Waals surface area (Å²) in [5.74, 6) is -0.0901. The largest absolute Gasteiger partial charge is 0.495 e. The molecule has 0 aliphatic rings. The number of hydrogen-bond acceptors (Lipinski definition) is 4. The van der Waals surface area contributed by atoms with E-state index in [2.05, 4.69) is 5.32 Å². The van der Waals surface area contributed by atoms with Crippen LogP contribution < -0.4 is 10.1 Å². The number of amides is 1. The number of ether oxygens (including phenoxy) is 1. The number of benzene rings is 1. The molecule has 0 bridgehead atoms. The Balaban J connectivity index is 2.65. The summed E-state index contributed by atoms with van der Waals surface area (Å²) in [6.07, 6.45) is 1.80. The van der Waals surface area contributed by atoms with E-state index in [1.54, 1.807) is 0 Å². The monoisotopic (exact) mass is 333 g/mol. The van der Waals surface area contributed by atoms with Gasteiger partial charge >= 0.3 is 0 Å². The quantitative estimate of drug-likeness (QED) is 0.742. The van der Waals surface area contributed by atoms with Crippen molar-refractivity contribution in [3.05, 3.63) is 23.2 Å². The van der Waals surface area contributed by atoms with Crippen molar-refractivity contribution < 1.29 is 17.9 Å². The molecule has 1 N–H and O–H groups in total. The molecule has 0 aliphatic carbocycles.